The molecule has 0 aromatic heterocycles. The second-order valence-corrected chi connectivity index (χ2v) is 21.4. The molecule has 0 aliphatic rings. The standard InChI is InChI=1S/C62H106NO8P/c1-6-8-10-12-14-16-18-20-22-23-24-25-26-27-28-29-30-31-32-33-34-35-36-37-38-39-41-43-45-47-49-51-53-55-62(65)71-60(59-70-72(66,67)69-57-56-63(3,4)5)58-68-61(64)54-52-50-48-46-44-42-40-21-19-17-15-13-11-9-7-2/h8,10,14-17,20-22,24-25,27-28,30-31,33-34,40,60H,6-7,9,11-13,18-19,23,26,29,32,35-39,41-59H2,1-5H3/p+1/b10-8-,16-14-,17-15-,22-20-,25-24-,28-27-,31-30-,34-33-,40-21-. The van der Waals surface area contributed by atoms with Gasteiger partial charge in [-0.15, -0.1) is 0 Å². The average Bonchev–Trinajstić information content (AvgIpc) is 3.34. The molecule has 0 aliphatic carbocycles. The number of rotatable bonds is 51. The zero-order chi connectivity index (χ0) is 52.7. The quantitative estimate of drug-likeness (QED) is 0.0211. The van der Waals surface area contributed by atoms with Gasteiger partial charge in [-0.25, -0.2) is 4.57 Å². The lowest BCUT2D eigenvalue weighted by Crippen LogP contribution is -2.37. The number of quaternary nitrogens is 1. The number of hydrogen-bond acceptors (Lipinski definition) is 7. The predicted molar refractivity (Wildman–Crippen MR) is 307 cm³/mol. The fraction of sp³-hybridized carbons (Fsp3) is 0.677. The van der Waals surface area contributed by atoms with Crippen LogP contribution in [0.3, 0.4) is 0 Å². The number of allylic oxidation sites excluding steroid dienone is 18. The van der Waals surface area contributed by atoms with E-state index in [1.807, 2.05) is 21.1 Å². The number of carbonyl (C=O) groups is 2. The second-order valence-electron chi connectivity index (χ2n) is 19.9. The maximum Gasteiger partial charge on any atom is 0.472 e. The normalized spacial score (nSPS) is 14.1. The van der Waals surface area contributed by atoms with E-state index < -0.39 is 26.5 Å². The summed E-state index contributed by atoms with van der Waals surface area (Å²) in [6.07, 6.45) is 73.0. The Morgan fingerprint density at radius 3 is 1.18 bits per heavy atom. The van der Waals surface area contributed by atoms with E-state index in [9.17, 15) is 19.0 Å². The van der Waals surface area contributed by atoms with Gasteiger partial charge >= 0.3 is 19.8 Å². The number of carbonyl (C=O) groups excluding carboxylic acids is 2. The summed E-state index contributed by atoms with van der Waals surface area (Å²) in [5.74, 6) is -0.822. The molecule has 0 saturated carbocycles. The van der Waals surface area contributed by atoms with Crippen molar-refractivity contribution >= 4 is 19.8 Å². The van der Waals surface area contributed by atoms with Crippen LogP contribution in [0.5, 0.6) is 0 Å². The Morgan fingerprint density at radius 2 is 0.792 bits per heavy atom. The number of likely N-dealkylation sites (N-methyl/N-ethyl adjacent to an activating group) is 1. The van der Waals surface area contributed by atoms with Crippen LogP contribution in [0.25, 0.3) is 0 Å². The number of nitrogens with zero attached hydrogens (tertiary/aromatic N) is 1. The van der Waals surface area contributed by atoms with E-state index >= 15 is 0 Å². The Morgan fingerprint density at radius 1 is 0.444 bits per heavy atom. The monoisotopic (exact) mass is 1020 g/mol. The summed E-state index contributed by atoms with van der Waals surface area (Å²) in [5.41, 5.74) is 0. The first-order valence-electron chi connectivity index (χ1n) is 28.6. The summed E-state index contributed by atoms with van der Waals surface area (Å²) in [5, 5.41) is 0. The molecule has 0 aromatic rings. The van der Waals surface area contributed by atoms with Gasteiger partial charge in [-0.05, 0) is 103 Å². The zero-order valence-corrected chi connectivity index (χ0v) is 47.5. The Balaban J connectivity index is 4.15. The molecule has 0 spiro atoms. The Kier molecular flexibility index (Phi) is 50.1. The van der Waals surface area contributed by atoms with E-state index in [1.165, 1.54) is 70.6 Å². The molecular formula is C62H107NO8P+. The van der Waals surface area contributed by atoms with E-state index in [2.05, 4.69) is 123 Å². The highest BCUT2D eigenvalue weighted by atomic mass is 31.2. The fourth-order valence-electron chi connectivity index (χ4n) is 7.38. The van der Waals surface area contributed by atoms with Crippen LogP contribution in [-0.4, -0.2) is 74.9 Å². The van der Waals surface area contributed by atoms with Gasteiger partial charge in [-0.3, -0.25) is 18.6 Å². The van der Waals surface area contributed by atoms with Crippen molar-refractivity contribution in [3.05, 3.63) is 109 Å². The van der Waals surface area contributed by atoms with Gasteiger partial charge in [0.25, 0.3) is 0 Å². The summed E-state index contributed by atoms with van der Waals surface area (Å²) in [6.45, 7) is 4.26. The van der Waals surface area contributed by atoms with Crippen LogP contribution >= 0.6 is 7.82 Å². The number of ether oxygens (including phenoxy) is 2. The van der Waals surface area contributed by atoms with Crippen LogP contribution < -0.4 is 0 Å². The summed E-state index contributed by atoms with van der Waals surface area (Å²) in [4.78, 5) is 35.6. The van der Waals surface area contributed by atoms with E-state index in [0.717, 1.165) is 116 Å². The van der Waals surface area contributed by atoms with Crippen LogP contribution in [-0.2, 0) is 32.7 Å². The average molecular weight is 1030 g/mol. The first-order valence-corrected chi connectivity index (χ1v) is 30.1. The van der Waals surface area contributed by atoms with Gasteiger partial charge in [0, 0.05) is 12.8 Å². The molecule has 2 unspecified atom stereocenters. The van der Waals surface area contributed by atoms with Crippen molar-refractivity contribution < 1.29 is 42.1 Å². The lowest BCUT2D eigenvalue weighted by Gasteiger charge is -2.24. The highest BCUT2D eigenvalue weighted by Crippen LogP contribution is 2.43. The molecule has 72 heavy (non-hydrogen) atoms. The van der Waals surface area contributed by atoms with Crippen molar-refractivity contribution in [2.45, 2.75) is 225 Å². The molecule has 0 heterocycles. The number of phosphoric ester groups is 1. The minimum absolute atomic E-state index is 0.0238. The summed E-state index contributed by atoms with van der Waals surface area (Å²) >= 11 is 0. The fourth-order valence-corrected chi connectivity index (χ4v) is 8.12. The third-order valence-corrected chi connectivity index (χ3v) is 12.8. The SMILES string of the molecule is CC/C=C\C/C=C\C/C=C\C/C=C\C/C=C\C/C=C\C/C=C\CCCCCCCCCCCCCC(=O)OC(COC(=O)CCCCCCC/C=C\C/C=C\CCCCC)COP(=O)(O)OCC[N+](C)(C)C. The summed E-state index contributed by atoms with van der Waals surface area (Å²) in [6, 6.07) is 0. The van der Waals surface area contributed by atoms with Crippen molar-refractivity contribution in [1.29, 1.82) is 0 Å². The second kappa shape index (κ2) is 52.5. The topological polar surface area (TPSA) is 108 Å². The van der Waals surface area contributed by atoms with Crippen molar-refractivity contribution in [1.82, 2.24) is 0 Å². The molecule has 10 heteroatoms. The third kappa shape index (κ3) is 56.0. The van der Waals surface area contributed by atoms with Crippen LogP contribution in [0.15, 0.2) is 109 Å². The number of unbranched alkanes of at least 4 members (excludes halogenated alkanes) is 19. The van der Waals surface area contributed by atoms with Crippen LogP contribution in [0.2, 0.25) is 0 Å². The largest absolute Gasteiger partial charge is 0.472 e. The van der Waals surface area contributed by atoms with E-state index in [-0.39, 0.29) is 32.0 Å². The van der Waals surface area contributed by atoms with Gasteiger partial charge in [0.2, 0.25) is 0 Å². The molecule has 412 valence electrons. The lowest BCUT2D eigenvalue weighted by atomic mass is 10.0. The van der Waals surface area contributed by atoms with Gasteiger partial charge in [0.1, 0.15) is 19.8 Å². The van der Waals surface area contributed by atoms with Gasteiger partial charge in [-0.2, -0.15) is 0 Å². The maximum absolute atomic E-state index is 12.8. The highest BCUT2D eigenvalue weighted by Gasteiger charge is 2.27. The minimum Gasteiger partial charge on any atom is -0.462 e. The third-order valence-electron chi connectivity index (χ3n) is 11.8. The van der Waals surface area contributed by atoms with E-state index in [1.54, 1.807) is 0 Å². The summed E-state index contributed by atoms with van der Waals surface area (Å²) < 4.78 is 34.5. The van der Waals surface area contributed by atoms with Gasteiger partial charge in [0.05, 0.1) is 27.7 Å². The Hall–Kier alpha value is -3.33. The van der Waals surface area contributed by atoms with Crippen molar-refractivity contribution in [3.63, 3.8) is 0 Å². The van der Waals surface area contributed by atoms with Gasteiger partial charge in [-0.1, -0.05) is 213 Å². The van der Waals surface area contributed by atoms with Crippen molar-refractivity contribution in [3.8, 4) is 0 Å². The number of phosphoric acid groups is 1. The number of esters is 2. The minimum atomic E-state index is -4.39. The molecule has 0 amide bonds. The maximum atomic E-state index is 12.8. The summed E-state index contributed by atoms with van der Waals surface area (Å²) in [7, 11) is 1.45. The molecule has 0 radical (unpaired) electrons. The van der Waals surface area contributed by atoms with Crippen molar-refractivity contribution in [2.24, 2.45) is 0 Å². The molecule has 0 aromatic carbocycles. The molecule has 0 fully saturated rings. The van der Waals surface area contributed by atoms with E-state index in [0.29, 0.717) is 17.4 Å². The van der Waals surface area contributed by atoms with E-state index in [4.69, 9.17) is 18.5 Å². The van der Waals surface area contributed by atoms with Crippen LogP contribution in [0.4, 0.5) is 0 Å². The highest BCUT2D eigenvalue weighted by molar-refractivity contribution is 7.47. The molecule has 9 nitrogen and oxygen atoms in total. The molecule has 0 aliphatic heterocycles. The van der Waals surface area contributed by atoms with Crippen LogP contribution in [0, 0.1) is 0 Å². The number of hydrogen-bond donors (Lipinski definition) is 1. The first-order chi connectivity index (χ1) is 35.0. The molecule has 1 N–H and O–H groups in total. The molecule has 0 bridgehead atoms. The van der Waals surface area contributed by atoms with Gasteiger partial charge < -0.3 is 18.9 Å². The Bertz CT molecular complexity index is 1580. The lowest BCUT2D eigenvalue weighted by molar-refractivity contribution is -0.870. The predicted octanol–water partition coefficient (Wildman–Crippen LogP) is 17.8. The molecule has 2 atom stereocenters. The molecule has 0 saturated heterocycles. The molecule has 0 rings (SSSR count). The molecular weight excluding hydrogens is 918 g/mol. The van der Waals surface area contributed by atoms with Crippen LogP contribution in [0.1, 0.15) is 219 Å². The first kappa shape index (κ1) is 68.7. The Labute approximate surface area is 442 Å². The van der Waals surface area contributed by atoms with Gasteiger partial charge in [0.15, 0.2) is 6.10 Å². The van der Waals surface area contributed by atoms with Crippen molar-refractivity contribution in [2.75, 3.05) is 47.5 Å². The zero-order valence-electron chi connectivity index (χ0n) is 46.6. The smallest absolute Gasteiger partial charge is 0.462 e.